The zero-order valence-corrected chi connectivity index (χ0v) is 22.0. The van der Waals surface area contributed by atoms with E-state index in [4.69, 9.17) is 39.5 Å². The maximum Gasteiger partial charge on any atom is 0.257 e. The number of ether oxygens (including phenoxy) is 1. The van der Waals surface area contributed by atoms with E-state index in [1.54, 1.807) is 60.7 Å². The number of nitrogens with one attached hydrogen (secondary N) is 2. The monoisotopic (exact) mass is 573 g/mol. The van der Waals surface area contributed by atoms with Gasteiger partial charge >= 0.3 is 0 Å². The van der Waals surface area contributed by atoms with Crippen LogP contribution < -0.4 is 15.5 Å². The number of aromatic nitrogens is 2. The van der Waals surface area contributed by atoms with E-state index in [1.807, 2.05) is 6.07 Å². The molecular formula is C25H18Cl3N5O3S. The average Bonchev–Trinajstić information content (AvgIpc) is 3.31. The molecule has 37 heavy (non-hydrogen) atoms. The molecule has 0 aliphatic heterocycles. The van der Waals surface area contributed by atoms with E-state index >= 15 is 0 Å². The van der Waals surface area contributed by atoms with Gasteiger partial charge in [-0.3, -0.25) is 14.9 Å². The summed E-state index contributed by atoms with van der Waals surface area (Å²) in [5.74, 6) is -0.0659. The molecule has 0 spiro atoms. The Balaban J connectivity index is 1.22. The third-order valence-corrected chi connectivity index (χ3v) is 6.48. The molecule has 1 aromatic heterocycles. The second-order valence-electron chi connectivity index (χ2n) is 7.53. The topological polar surface area (TPSA) is 106 Å². The minimum atomic E-state index is -0.372. The maximum absolute atomic E-state index is 12.2. The predicted molar refractivity (Wildman–Crippen MR) is 146 cm³/mol. The lowest BCUT2D eigenvalue weighted by molar-refractivity contribution is -0.120. The van der Waals surface area contributed by atoms with E-state index in [9.17, 15) is 9.59 Å². The molecule has 8 nitrogen and oxygen atoms in total. The molecule has 4 rings (SSSR count). The van der Waals surface area contributed by atoms with Crippen LogP contribution in [0.2, 0.25) is 15.1 Å². The fourth-order valence-electron chi connectivity index (χ4n) is 2.95. The van der Waals surface area contributed by atoms with Crippen molar-refractivity contribution in [2.75, 3.05) is 5.32 Å². The fourth-order valence-corrected chi connectivity index (χ4v) is 4.27. The summed E-state index contributed by atoms with van der Waals surface area (Å²) in [4.78, 5) is 24.4. The Hall–Kier alpha value is -3.50. The molecule has 1 heterocycles. The third-order valence-electron chi connectivity index (χ3n) is 4.80. The second-order valence-corrected chi connectivity index (χ2v) is 9.87. The summed E-state index contributed by atoms with van der Waals surface area (Å²) in [5, 5.41) is 16.8. The standard InChI is InChI=1S/C25H18Cl3N5O3S/c26-18-6-3-16(4-7-18)24(35)30-25-33-32-23(37-25)12-22(34)31-29-13-15-1-9-20(10-2-15)36-14-17-5-8-19(27)11-21(17)28/h1-11,13H,12,14H2,(H,31,34)(H,30,33,35)/b29-13-. The Morgan fingerprint density at radius 1 is 0.946 bits per heavy atom. The van der Waals surface area contributed by atoms with Crippen LogP contribution in [-0.4, -0.2) is 28.2 Å². The summed E-state index contributed by atoms with van der Waals surface area (Å²) < 4.78 is 5.75. The molecule has 0 saturated carbocycles. The molecule has 3 aromatic carbocycles. The van der Waals surface area contributed by atoms with E-state index in [-0.39, 0.29) is 23.4 Å². The molecule has 2 amide bonds. The lowest BCUT2D eigenvalue weighted by atomic mass is 10.2. The summed E-state index contributed by atoms with van der Waals surface area (Å²) in [6.07, 6.45) is 1.47. The van der Waals surface area contributed by atoms with Gasteiger partial charge in [0.05, 0.1) is 12.6 Å². The van der Waals surface area contributed by atoms with Crippen LogP contribution in [0.4, 0.5) is 5.13 Å². The highest BCUT2D eigenvalue weighted by molar-refractivity contribution is 7.15. The smallest absolute Gasteiger partial charge is 0.257 e. The molecular weight excluding hydrogens is 557 g/mol. The van der Waals surface area contributed by atoms with E-state index in [1.165, 1.54) is 6.21 Å². The van der Waals surface area contributed by atoms with Gasteiger partial charge in [-0.15, -0.1) is 10.2 Å². The molecule has 4 aromatic rings. The third kappa shape index (κ3) is 7.99. The molecule has 0 aliphatic rings. The predicted octanol–water partition coefficient (Wildman–Crippen LogP) is 6.02. The Bertz CT molecular complexity index is 1430. The number of carbonyl (C=O) groups excluding carboxylic acids is 2. The van der Waals surface area contributed by atoms with Gasteiger partial charge in [-0.1, -0.05) is 52.2 Å². The molecule has 0 aliphatic carbocycles. The number of nitrogens with zero attached hydrogens (tertiary/aromatic N) is 3. The number of halogens is 3. The van der Waals surface area contributed by atoms with Crippen molar-refractivity contribution in [3.63, 3.8) is 0 Å². The van der Waals surface area contributed by atoms with Crippen LogP contribution >= 0.6 is 46.1 Å². The van der Waals surface area contributed by atoms with Crippen LogP contribution in [-0.2, 0) is 17.8 Å². The van der Waals surface area contributed by atoms with Crippen molar-refractivity contribution in [3.8, 4) is 5.75 Å². The Labute approximate surface area is 231 Å². The lowest BCUT2D eigenvalue weighted by Crippen LogP contribution is -2.19. The molecule has 0 bridgehead atoms. The number of anilines is 1. The van der Waals surface area contributed by atoms with Crippen LogP contribution in [0.25, 0.3) is 0 Å². The normalized spacial score (nSPS) is 10.9. The van der Waals surface area contributed by atoms with Crippen molar-refractivity contribution in [2.24, 2.45) is 5.10 Å². The zero-order valence-electron chi connectivity index (χ0n) is 19.0. The summed E-state index contributed by atoms with van der Waals surface area (Å²) >= 11 is 19.0. The van der Waals surface area contributed by atoms with Gasteiger partial charge in [-0.05, 0) is 66.2 Å². The van der Waals surface area contributed by atoms with Gasteiger partial charge in [0.25, 0.3) is 5.91 Å². The second kappa shape index (κ2) is 12.6. The highest BCUT2D eigenvalue weighted by Gasteiger charge is 2.12. The van der Waals surface area contributed by atoms with Gasteiger partial charge in [-0.25, -0.2) is 5.43 Å². The minimum absolute atomic E-state index is 0.0359. The zero-order chi connectivity index (χ0) is 26.2. The van der Waals surface area contributed by atoms with E-state index < -0.39 is 0 Å². The largest absolute Gasteiger partial charge is 0.489 e. The summed E-state index contributed by atoms with van der Waals surface area (Å²) in [6.45, 7) is 0.303. The van der Waals surface area contributed by atoms with Crippen LogP contribution in [0.1, 0.15) is 26.5 Å². The molecule has 0 atom stereocenters. The fraction of sp³-hybridized carbons (Fsp3) is 0.0800. The number of hydrogen-bond acceptors (Lipinski definition) is 7. The highest BCUT2D eigenvalue weighted by Crippen LogP contribution is 2.23. The Morgan fingerprint density at radius 3 is 2.41 bits per heavy atom. The first kappa shape index (κ1) is 26.6. The van der Waals surface area contributed by atoms with E-state index in [0.29, 0.717) is 38.0 Å². The average molecular weight is 575 g/mol. The first-order valence-corrected chi connectivity index (χ1v) is 12.7. The van der Waals surface area contributed by atoms with E-state index in [2.05, 4.69) is 26.0 Å². The van der Waals surface area contributed by atoms with Gasteiger partial charge in [0, 0.05) is 26.2 Å². The molecule has 0 saturated heterocycles. The number of rotatable bonds is 9. The van der Waals surface area contributed by atoms with E-state index in [0.717, 1.165) is 22.5 Å². The summed E-state index contributed by atoms with van der Waals surface area (Å²) in [5.41, 5.74) is 4.46. The highest BCUT2D eigenvalue weighted by atomic mass is 35.5. The van der Waals surface area contributed by atoms with Crippen molar-refractivity contribution in [3.05, 3.63) is 103 Å². The molecule has 12 heteroatoms. The quantitative estimate of drug-likeness (QED) is 0.188. The maximum atomic E-state index is 12.2. The summed E-state index contributed by atoms with van der Waals surface area (Å²) in [7, 11) is 0. The first-order valence-electron chi connectivity index (χ1n) is 10.7. The van der Waals surface area contributed by atoms with Crippen LogP contribution in [0.3, 0.4) is 0 Å². The van der Waals surface area contributed by atoms with Gasteiger partial charge in [0.15, 0.2) is 0 Å². The minimum Gasteiger partial charge on any atom is -0.489 e. The Morgan fingerprint density at radius 2 is 1.68 bits per heavy atom. The summed E-state index contributed by atoms with van der Waals surface area (Å²) in [6, 6.07) is 18.8. The van der Waals surface area contributed by atoms with Gasteiger partial charge in [-0.2, -0.15) is 5.10 Å². The molecule has 2 N–H and O–H groups in total. The molecule has 0 fully saturated rings. The molecule has 0 radical (unpaired) electrons. The number of hydrazone groups is 1. The van der Waals surface area contributed by atoms with Crippen LogP contribution in [0.15, 0.2) is 71.8 Å². The van der Waals surface area contributed by atoms with Crippen LogP contribution in [0.5, 0.6) is 5.75 Å². The van der Waals surface area contributed by atoms with Gasteiger partial charge < -0.3 is 4.74 Å². The van der Waals surface area contributed by atoms with Crippen molar-refractivity contribution in [1.82, 2.24) is 15.6 Å². The number of hydrogen-bond donors (Lipinski definition) is 2. The Kier molecular flexibility index (Phi) is 9.08. The first-order chi connectivity index (χ1) is 17.9. The number of amides is 2. The van der Waals surface area contributed by atoms with Crippen molar-refractivity contribution in [2.45, 2.75) is 13.0 Å². The lowest BCUT2D eigenvalue weighted by Gasteiger charge is -2.08. The van der Waals surface area contributed by atoms with Gasteiger partial charge in [0.2, 0.25) is 11.0 Å². The van der Waals surface area contributed by atoms with Crippen molar-refractivity contribution in [1.29, 1.82) is 0 Å². The molecule has 0 unspecified atom stereocenters. The number of benzene rings is 3. The molecule has 188 valence electrons. The van der Waals surface area contributed by atoms with Crippen LogP contribution in [0, 0.1) is 0 Å². The SMILES string of the molecule is O=C(Cc1nnc(NC(=O)c2ccc(Cl)cc2)s1)N/N=C\c1ccc(OCc2ccc(Cl)cc2Cl)cc1. The van der Waals surface area contributed by atoms with Crippen molar-refractivity contribution >= 4 is 69.3 Å². The van der Waals surface area contributed by atoms with Crippen molar-refractivity contribution < 1.29 is 14.3 Å². The number of carbonyl (C=O) groups is 2. The van der Waals surface area contributed by atoms with Gasteiger partial charge in [0.1, 0.15) is 17.4 Å².